The van der Waals surface area contributed by atoms with E-state index in [4.69, 9.17) is 0 Å². The molecule has 1 fully saturated rings. The Morgan fingerprint density at radius 1 is 1.41 bits per heavy atom. The SMILES string of the molecule is COC(=O)c1ccc(C2CC(F)(F)C2)cc1C. The van der Waals surface area contributed by atoms with Crippen LogP contribution in [0.15, 0.2) is 18.2 Å². The number of hydrogen-bond acceptors (Lipinski definition) is 2. The first-order chi connectivity index (χ1) is 7.93. The molecule has 0 amide bonds. The van der Waals surface area contributed by atoms with Crippen molar-refractivity contribution in [3.8, 4) is 0 Å². The van der Waals surface area contributed by atoms with Gasteiger partial charge in [0.1, 0.15) is 0 Å². The first-order valence-corrected chi connectivity index (χ1v) is 5.49. The van der Waals surface area contributed by atoms with Gasteiger partial charge in [-0.2, -0.15) is 0 Å². The molecule has 1 aromatic rings. The molecule has 0 heterocycles. The monoisotopic (exact) mass is 240 g/mol. The van der Waals surface area contributed by atoms with Crippen molar-refractivity contribution >= 4 is 5.97 Å². The van der Waals surface area contributed by atoms with Crippen LogP contribution < -0.4 is 0 Å². The molecule has 2 nitrogen and oxygen atoms in total. The molecule has 0 spiro atoms. The Labute approximate surface area is 98.6 Å². The number of ether oxygens (including phenoxy) is 1. The van der Waals surface area contributed by atoms with Crippen LogP contribution in [-0.4, -0.2) is 19.0 Å². The summed E-state index contributed by atoms with van der Waals surface area (Å²) in [5.41, 5.74) is 2.13. The van der Waals surface area contributed by atoms with Gasteiger partial charge in [-0.15, -0.1) is 0 Å². The highest BCUT2D eigenvalue weighted by atomic mass is 19.3. The lowest BCUT2D eigenvalue weighted by Gasteiger charge is -2.35. The van der Waals surface area contributed by atoms with E-state index in [9.17, 15) is 13.6 Å². The molecule has 0 atom stereocenters. The Morgan fingerprint density at radius 3 is 2.53 bits per heavy atom. The number of halogens is 2. The average Bonchev–Trinajstić information content (AvgIpc) is 2.24. The third-order valence-electron chi connectivity index (χ3n) is 3.22. The van der Waals surface area contributed by atoms with Crippen molar-refractivity contribution in [2.24, 2.45) is 0 Å². The molecule has 1 aromatic carbocycles. The van der Waals surface area contributed by atoms with E-state index < -0.39 is 11.9 Å². The summed E-state index contributed by atoms with van der Waals surface area (Å²) in [4.78, 5) is 11.4. The summed E-state index contributed by atoms with van der Waals surface area (Å²) in [6.07, 6.45) is -0.186. The van der Waals surface area contributed by atoms with E-state index in [0.29, 0.717) is 5.56 Å². The summed E-state index contributed by atoms with van der Waals surface area (Å²) >= 11 is 0. The second-order valence-electron chi connectivity index (χ2n) is 4.53. The molecule has 17 heavy (non-hydrogen) atoms. The fraction of sp³-hybridized carbons (Fsp3) is 0.462. The third-order valence-corrected chi connectivity index (χ3v) is 3.22. The van der Waals surface area contributed by atoms with Crippen LogP contribution in [-0.2, 0) is 4.74 Å². The summed E-state index contributed by atoms with van der Waals surface area (Å²) in [7, 11) is 1.32. The molecule has 0 N–H and O–H groups in total. The van der Waals surface area contributed by atoms with Crippen LogP contribution in [0, 0.1) is 6.92 Å². The second kappa shape index (κ2) is 4.09. The minimum absolute atomic E-state index is 0.0876. The van der Waals surface area contributed by atoms with Gasteiger partial charge >= 0.3 is 5.97 Å². The highest BCUT2D eigenvalue weighted by Gasteiger charge is 2.45. The standard InChI is InChI=1S/C13H14F2O2/c1-8-5-9(10-6-13(14,15)7-10)3-4-11(8)12(16)17-2/h3-5,10H,6-7H2,1-2H3. The molecular formula is C13H14F2O2. The zero-order chi connectivity index (χ0) is 12.6. The quantitative estimate of drug-likeness (QED) is 0.741. The van der Waals surface area contributed by atoms with Gasteiger partial charge in [0.05, 0.1) is 12.7 Å². The van der Waals surface area contributed by atoms with Crippen LogP contribution in [0.2, 0.25) is 0 Å². The maximum atomic E-state index is 12.8. The minimum atomic E-state index is -2.51. The zero-order valence-corrected chi connectivity index (χ0v) is 9.80. The molecule has 2 rings (SSSR count). The normalized spacial score (nSPS) is 18.6. The van der Waals surface area contributed by atoms with Crippen LogP contribution in [0.3, 0.4) is 0 Å². The lowest BCUT2D eigenvalue weighted by molar-refractivity contribution is -0.0867. The van der Waals surface area contributed by atoms with Crippen LogP contribution in [0.25, 0.3) is 0 Å². The van der Waals surface area contributed by atoms with E-state index >= 15 is 0 Å². The lowest BCUT2D eigenvalue weighted by Crippen LogP contribution is -2.33. The largest absolute Gasteiger partial charge is 0.465 e. The zero-order valence-electron chi connectivity index (χ0n) is 9.80. The van der Waals surface area contributed by atoms with Gasteiger partial charge < -0.3 is 4.74 Å². The Bertz CT molecular complexity index is 447. The van der Waals surface area contributed by atoms with Crippen molar-refractivity contribution in [2.45, 2.75) is 31.6 Å². The van der Waals surface area contributed by atoms with Crippen molar-refractivity contribution < 1.29 is 18.3 Å². The fourth-order valence-corrected chi connectivity index (χ4v) is 2.18. The molecule has 0 aromatic heterocycles. The molecule has 0 unspecified atom stereocenters. The van der Waals surface area contributed by atoms with E-state index in [1.165, 1.54) is 7.11 Å². The molecule has 0 aliphatic heterocycles. The van der Waals surface area contributed by atoms with Gasteiger partial charge in [-0.05, 0) is 30.0 Å². The number of hydrogen-bond donors (Lipinski definition) is 0. The van der Waals surface area contributed by atoms with Crippen LogP contribution >= 0.6 is 0 Å². The van der Waals surface area contributed by atoms with Crippen LogP contribution in [0.1, 0.15) is 40.2 Å². The van der Waals surface area contributed by atoms with Gasteiger partial charge in [0, 0.05) is 12.8 Å². The predicted molar refractivity (Wildman–Crippen MR) is 59.4 cm³/mol. The highest BCUT2D eigenvalue weighted by molar-refractivity contribution is 5.91. The van der Waals surface area contributed by atoms with E-state index in [0.717, 1.165) is 11.1 Å². The second-order valence-corrected chi connectivity index (χ2v) is 4.53. The summed E-state index contributed by atoms with van der Waals surface area (Å²) < 4.78 is 30.2. The summed E-state index contributed by atoms with van der Waals surface area (Å²) in [5.74, 6) is -3.00. The van der Waals surface area contributed by atoms with Gasteiger partial charge in [0.15, 0.2) is 0 Å². The van der Waals surface area contributed by atoms with Crippen molar-refractivity contribution in [3.63, 3.8) is 0 Å². The Kier molecular flexibility index (Phi) is 2.89. The molecule has 0 saturated heterocycles. The third kappa shape index (κ3) is 2.30. The van der Waals surface area contributed by atoms with Crippen LogP contribution in [0.4, 0.5) is 8.78 Å². The first-order valence-electron chi connectivity index (χ1n) is 5.49. The predicted octanol–water partition coefficient (Wildman–Crippen LogP) is 3.29. The number of carbonyl (C=O) groups excluding carboxylic acids is 1. The summed E-state index contributed by atoms with van der Waals surface area (Å²) in [5, 5.41) is 0. The molecule has 92 valence electrons. The summed E-state index contributed by atoms with van der Waals surface area (Å²) in [6.45, 7) is 1.78. The lowest BCUT2D eigenvalue weighted by atomic mass is 9.76. The number of benzene rings is 1. The molecule has 1 aliphatic rings. The molecule has 1 saturated carbocycles. The Morgan fingerprint density at radius 2 is 2.06 bits per heavy atom. The smallest absolute Gasteiger partial charge is 0.338 e. The molecule has 0 radical (unpaired) electrons. The fourth-order valence-electron chi connectivity index (χ4n) is 2.18. The van der Waals surface area contributed by atoms with Gasteiger partial charge in [0.2, 0.25) is 5.92 Å². The van der Waals surface area contributed by atoms with Crippen molar-refractivity contribution in [3.05, 3.63) is 34.9 Å². The van der Waals surface area contributed by atoms with Crippen molar-refractivity contribution in [1.29, 1.82) is 0 Å². The number of methoxy groups -OCH3 is 1. The Balaban J connectivity index is 2.18. The topological polar surface area (TPSA) is 26.3 Å². The van der Waals surface area contributed by atoms with Gasteiger partial charge in [-0.25, -0.2) is 13.6 Å². The summed E-state index contributed by atoms with van der Waals surface area (Å²) in [6, 6.07) is 5.18. The Hall–Kier alpha value is -1.45. The minimum Gasteiger partial charge on any atom is -0.465 e. The molecule has 4 heteroatoms. The van der Waals surface area contributed by atoms with Gasteiger partial charge in [-0.3, -0.25) is 0 Å². The number of rotatable bonds is 2. The van der Waals surface area contributed by atoms with E-state index in [2.05, 4.69) is 4.74 Å². The van der Waals surface area contributed by atoms with E-state index in [-0.39, 0.29) is 18.8 Å². The molecule has 0 bridgehead atoms. The number of carbonyl (C=O) groups is 1. The maximum absolute atomic E-state index is 12.8. The van der Waals surface area contributed by atoms with E-state index in [1.54, 1.807) is 25.1 Å². The van der Waals surface area contributed by atoms with Gasteiger partial charge in [0.25, 0.3) is 0 Å². The van der Waals surface area contributed by atoms with Crippen molar-refractivity contribution in [2.75, 3.05) is 7.11 Å². The average molecular weight is 240 g/mol. The maximum Gasteiger partial charge on any atom is 0.338 e. The van der Waals surface area contributed by atoms with Crippen LogP contribution in [0.5, 0.6) is 0 Å². The first kappa shape index (κ1) is 12.0. The number of alkyl halides is 2. The highest BCUT2D eigenvalue weighted by Crippen LogP contribution is 2.48. The van der Waals surface area contributed by atoms with Crippen molar-refractivity contribution in [1.82, 2.24) is 0 Å². The van der Waals surface area contributed by atoms with E-state index in [1.807, 2.05) is 0 Å². The molecular weight excluding hydrogens is 226 g/mol. The molecule has 1 aliphatic carbocycles. The van der Waals surface area contributed by atoms with Gasteiger partial charge in [-0.1, -0.05) is 12.1 Å². The number of esters is 1. The number of aryl methyl sites for hydroxylation is 1.